The van der Waals surface area contributed by atoms with Crippen molar-refractivity contribution < 1.29 is 0 Å². The minimum atomic E-state index is 1.05. The molecular formula is C30H40. The fourth-order valence-corrected chi connectivity index (χ4v) is 3.40. The Morgan fingerprint density at radius 3 is 2.07 bits per heavy atom. The standard InChI is InChI=1S/C30H40/c1-10-12-17-23(5)25(7)21-29(28-19-15-14-16-20-28)30(22(3)4)27(9)26(8)24(6)18-13-11-2/h10,12,14-17,19-21H,3,6,11,13,18H2,1-2,4-5,7-9H3/b12-10-,23-17+,25-21+,27-26+,30-29-. The van der Waals surface area contributed by atoms with Crippen LogP contribution >= 0.6 is 0 Å². The van der Waals surface area contributed by atoms with Crippen LogP contribution < -0.4 is 0 Å². The van der Waals surface area contributed by atoms with Crippen molar-refractivity contribution in [1.82, 2.24) is 0 Å². The lowest BCUT2D eigenvalue weighted by Crippen LogP contribution is -1.99. The molecule has 0 aliphatic heterocycles. The highest BCUT2D eigenvalue weighted by molar-refractivity contribution is 5.84. The fraction of sp³-hybridized carbons (Fsp3) is 0.333. The molecule has 0 spiro atoms. The summed E-state index contributed by atoms with van der Waals surface area (Å²) in [7, 11) is 0. The molecule has 0 amide bonds. The first kappa shape index (κ1) is 25.4. The Hall–Kier alpha value is -2.60. The molecule has 0 N–H and O–H groups in total. The van der Waals surface area contributed by atoms with Crippen molar-refractivity contribution in [2.24, 2.45) is 0 Å². The Morgan fingerprint density at radius 2 is 1.53 bits per heavy atom. The highest BCUT2D eigenvalue weighted by Gasteiger charge is 2.14. The third-order valence-corrected chi connectivity index (χ3v) is 5.60. The van der Waals surface area contributed by atoms with Gasteiger partial charge in [0.1, 0.15) is 0 Å². The van der Waals surface area contributed by atoms with Crippen molar-refractivity contribution in [3.8, 4) is 0 Å². The SMILES string of the molecule is C=C(C)C(=C(\C=C(C)\C(C)=C\C=C/C)c1ccccc1)/C(C)=C(\C)C(=C)CCCC. The molecule has 160 valence electrons. The average molecular weight is 401 g/mol. The summed E-state index contributed by atoms with van der Waals surface area (Å²) in [6.07, 6.45) is 12.0. The Kier molecular flexibility index (Phi) is 10.9. The van der Waals surface area contributed by atoms with E-state index in [4.69, 9.17) is 0 Å². The third kappa shape index (κ3) is 7.34. The van der Waals surface area contributed by atoms with E-state index < -0.39 is 0 Å². The van der Waals surface area contributed by atoms with E-state index in [-0.39, 0.29) is 0 Å². The lowest BCUT2D eigenvalue weighted by Gasteiger charge is -2.19. The molecule has 0 saturated carbocycles. The van der Waals surface area contributed by atoms with Gasteiger partial charge in [-0.25, -0.2) is 0 Å². The lowest BCUT2D eigenvalue weighted by atomic mass is 9.85. The van der Waals surface area contributed by atoms with E-state index in [1.165, 1.54) is 57.4 Å². The van der Waals surface area contributed by atoms with Gasteiger partial charge in [-0.2, -0.15) is 0 Å². The number of hydrogen-bond donors (Lipinski definition) is 0. The number of rotatable bonds is 10. The molecule has 1 aromatic carbocycles. The van der Waals surface area contributed by atoms with Gasteiger partial charge >= 0.3 is 0 Å². The summed E-state index contributed by atoms with van der Waals surface area (Å²) in [4.78, 5) is 0. The molecule has 0 heteroatoms. The largest absolute Gasteiger partial charge is 0.0956 e. The van der Waals surface area contributed by atoms with Crippen LogP contribution in [0, 0.1) is 0 Å². The molecular weight excluding hydrogens is 360 g/mol. The van der Waals surface area contributed by atoms with Crippen LogP contribution in [0.1, 0.15) is 73.3 Å². The van der Waals surface area contributed by atoms with Crippen LogP contribution in [0.25, 0.3) is 5.57 Å². The normalized spacial score (nSPS) is 14.5. The fourth-order valence-electron chi connectivity index (χ4n) is 3.40. The van der Waals surface area contributed by atoms with E-state index in [2.05, 4.69) is 109 Å². The highest BCUT2D eigenvalue weighted by Crippen LogP contribution is 2.34. The first-order valence-electron chi connectivity index (χ1n) is 11.0. The predicted molar refractivity (Wildman–Crippen MR) is 138 cm³/mol. The van der Waals surface area contributed by atoms with Crippen molar-refractivity contribution in [1.29, 1.82) is 0 Å². The van der Waals surface area contributed by atoms with Gasteiger partial charge in [0.2, 0.25) is 0 Å². The van der Waals surface area contributed by atoms with Crippen molar-refractivity contribution >= 4 is 5.57 Å². The molecule has 0 fully saturated rings. The van der Waals surface area contributed by atoms with Crippen LogP contribution in [0.15, 0.2) is 107 Å². The van der Waals surface area contributed by atoms with Gasteiger partial charge < -0.3 is 0 Å². The molecule has 0 saturated heterocycles. The van der Waals surface area contributed by atoms with Gasteiger partial charge in [-0.3, -0.25) is 0 Å². The molecule has 0 bridgehead atoms. The maximum absolute atomic E-state index is 4.37. The molecule has 0 aliphatic rings. The van der Waals surface area contributed by atoms with Crippen LogP contribution in [0.3, 0.4) is 0 Å². The van der Waals surface area contributed by atoms with Crippen molar-refractivity contribution in [2.75, 3.05) is 0 Å². The molecule has 0 nitrogen and oxygen atoms in total. The average Bonchev–Trinajstić information content (AvgIpc) is 2.74. The van der Waals surface area contributed by atoms with Gasteiger partial charge in [-0.15, -0.1) is 0 Å². The van der Waals surface area contributed by atoms with Gasteiger partial charge in [0, 0.05) is 0 Å². The first-order valence-corrected chi connectivity index (χ1v) is 11.0. The van der Waals surface area contributed by atoms with Gasteiger partial charge in [0.15, 0.2) is 0 Å². The van der Waals surface area contributed by atoms with E-state index >= 15 is 0 Å². The number of unbranched alkanes of at least 4 members (excludes halogenated alkanes) is 1. The van der Waals surface area contributed by atoms with Gasteiger partial charge in [0.25, 0.3) is 0 Å². The lowest BCUT2D eigenvalue weighted by molar-refractivity contribution is 0.792. The highest BCUT2D eigenvalue weighted by atomic mass is 14.2. The van der Waals surface area contributed by atoms with Crippen molar-refractivity contribution in [3.63, 3.8) is 0 Å². The topological polar surface area (TPSA) is 0 Å². The summed E-state index contributed by atoms with van der Waals surface area (Å²) >= 11 is 0. The zero-order chi connectivity index (χ0) is 22.7. The summed E-state index contributed by atoms with van der Waals surface area (Å²) in [5.41, 5.74) is 11.0. The minimum Gasteiger partial charge on any atom is -0.0956 e. The molecule has 0 aromatic heterocycles. The van der Waals surface area contributed by atoms with Gasteiger partial charge in [-0.05, 0) is 93.4 Å². The Morgan fingerprint density at radius 1 is 0.900 bits per heavy atom. The zero-order valence-corrected chi connectivity index (χ0v) is 20.2. The summed E-state index contributed by atoms with van der Waals surface area (Å²) in [5.74, 6) is 0. The summed E-state index contributed by atoms with van der Waals surface area (Å²) in [6, 6.07) is 10.6. The smallest absolute Gasteiger partial charge is 0.0103 e. The Balaban J connectivity index is 3.77. The Labute approximate surface area is 185 Å². The van der Waals surface area contributed by atoms with Crippen molar-refractivity contribution in [2.45, 2.75) is 67.7 Å². The maximum Gasteiger partial charge on any atom is -0.0103 e. The maximum atomic E-state index is 4.37. The first-order chi connectivity index (χ1) is 14.2. The molecule has 0 atom stereocenters. The van der Waals surface area contributed by atoms with Crippen LogP contribution in [-0.2, 0) is 0 Å². The predicted octanol–water partition coefficient (Wildman–Crippen LogP) is 9.57. The number of benzene rings is 1. The van der Waals surface area contributed by atoms with E-state index in [9.17, 15) is 0 Å². The van der Waals surface area contributed by atoms with E-state index in [0.29, 0.717) is 0 Å². The second-order valence-electron chi connectivity index (χ2n) is 8.09. The molecule has 30 heavy (non-hydrogen) atoms. The van der Waals surface area contributed by atoms with Gasteiger partial charge in [0.05, 0.1) is 0 Å². The van der Waals surface area contributed by atoms with Crippen molar-refractivity contribution in [3.05, 3.63) is 112 Å². The second kappa shape index (κ2) is 12.9. The quantitative estimate of drug-likeness (QED) is 0.343. The van der Waals surface area contributed by atoms with E-state index in [1.54, 1.807) is 0 Å². The molecule has 0 radical (unpaired) electrons. The molecule has 0 aliphatic carbocycles. The zero-order valence-electron chi connectivity index (χ0n) is 20.2. The minimum absolute atomic E-state index is 1.05. The van der Waals surface area contributed by atoms with Crippen LogP contribution in [0.4, 0.5) is 0 Å². The number of hydrogen-bond acceptors (Lipinski definition) is 0. The summed E-state index contributed by atoms with van der Waals surface area (Å²) in [5, 5.41) is 0. The van der Waals surface area contributed by atoms with Crippen LogP contribution in [-0.4, -0.2) is 0 Å². The van der Waals surface area contributed by atoms with Crippen LogP contribution in [0.5, 0.6) is 0 Å². The molecule has 1 rings (SSSR count). The third-order valence-electron chi connectivity index (χ3n) is 5.60. The monoisotopic (exact) mass is 400 g/mol. The Bertz CT molecular complexity index is 893. The number of allylic oxidation sites excluding steroid dienone is 12. The van der Waals surface area contributed by atoms with E-state index in [1.807, 2.05) is 6.92 Å². The second-order valence-corrected chi connectivity index (χ2v) is 8.09. The van der Waals surface area contributed by atoms with E-state index in [0.717, 1.165) is 12.0 Å². The van der Waals surface area contributed by atoms with Crippen LogP contribution in [0.2, 0.25) is 0 Å². The van der Waals surface area contributed by atoms with Gasteiger partial charge in [-0.1, -0.05) is 92.3 Å². The summed E-state index contributed by atoms with van der Waals surface area (Å²) in [6.45, 7) is 23.9. The molecule has 0 heterocycles. The summed E-state index contributed by atoms with van der Waals surface area (Å²) < 4.78 is 0. The molecule has 1 aromatic rings. The molecule has 0 unspecified atom stereocenters.